The van der Waals surface area contributed by atoms with E-state index in [1.807, 2.05) is 6.92 Å². The Balaban J connectivity index is 2.67. The molecular formula is C10H12ClNO3S2. The van der Waals surface area contributed by atoms with Crippen LogP contribution in [0.15, 0.2) is 24.3 Å². The molecule has 4 nitrogen and oxygen atoms in total. The molecule has 0 radical (unpaired) electrons. The summed E-state index contributed by atoms with van der Waals surface area (Å²) >= 11 is 5.84. The van der Waals surface area contributed by atoms with Crippen LogP contribution >= 0.6 is 22.4 Å². The van der Waals surface area contributed by atoms with Crippen molar-refractivity contribution in [3.63, 3.8) is 0 Å². The molecule has 0 aliphatic rings. The molecule has 0 bridgehead atoms. The fourth-order valence-corrected chi connectivity index (χ4v) is 2.88. The summed E-state index contributed by atoms with van der Waals surface area (Å²) in [4.78, 5) is 11.6. The van der Waals surface area contributed by atoms with Crippen molar-refractivity contribution in [2.75, 3.05) is 12.8 Å². The predicted octanol–water partition coefficient (Wildman–Crippen LogP) is 3.10. The summed E-state index contributed by atoms with van der Waals surface area (Å²) in [7, 11) is 1.12. The molecule has 0 aliphatic carbocycles. The van der Waals surface area contributed by atoms with E-state index in [4.69, 9.17) is 16.3 Å². The molecule has 0 saturated carbocycles. The highest BCUT2D eigenvalue weighted by atomic mass is 35.5. The Labute approximate surface area is 111 Å². The molecule has 0 fully saturated rings. The van der Waals surface area contributed by atoms with Gasteiger partial charge in [-0.3, -0.25) is 0 Å². The number of amides is 1. The van der Waals surface area contributed by atoms with Crippen molar-refractivity contribution in [1.82, 2.24) is 4.31 Å². The summed E-state index contributed by atoms with van der Waals surface area (Å²) in [5.74, 6) is 0.903. The number of hydrogen-bond donors (Lipinski definition) is 0. The first-order valence-corrected chi connectivity index (χ1v) is 7.80. The third-order valence-corrected chi connectivity index (χ3v) is 5.06. The van der Waals surface area contributed by atoms with Crippen molar-refractivity contribution in [3.05, 3.63) is 29.3 Å². The predicted molar refractivity (Wildman–Crippen MR) is 71.5 cm³/mol. The summed E-state index contributed by atoms with van der Waals surface area (Å²) in [5, 5.41) is 0.336. The second-order valence-corrected chi connectivity index (χ2v) is 6.68. The number of hydrogen-bond acceptors (Lipinski definition) is 4. The SMILES string of the molecule is CCSS(=O)N(C)C(=O)Oc1ccccc1Cl. The van der Waals surface area contributed by atoms with Gasteiger partial charge in [-0.2, -0.15) is 0 Å². The van der Waals surface area contributed by atoms with Gasteiger partial charge in [0.2, 0.25) is 0 Å². The van der Waals surface area contributed by atoms with Crippen molar-refractivity contribution in [1.29, 1.82) is 0 Å². The first-order chi connectivity index (χ1) is 8.06. The van der Waals surface area contributed by atoms with Gasteiger partial charge in [-0.25, -0.2) is 13.3 Å². The first kappa shape index (κ1) is 14.3. The largest absolute Gasteiger partial charge is 0.427 e. The van der Waals surface area contributed by atoms with E-state index in [1.54, 1.807) is 24.3 Å². The van der Waals surface area contributed by atoms with Crippen LogP contribution in [0.5, 0.6) is 5.75 Å². The van der Waals surface area contributed by atoms with Gasteiger partial charge < -0.3 is 4.74 Å². The molecule has 0 heterocycles. The Bertz CT molecular complexity index is 428. The zero-order valence-corrected chi connectivity index (χ0v) is 11.8. The number of nitrogens with zero attached hydrogens (tertiary/aromatic N) is 1. The highest BCUT2D eigenvalue weighted by Crippen LogP contribution is 2.24. The summed E-state index contributed by atoms with van der Waals surface area (Å²) in [5.41, 5.74) is 0. The molecule has 94 valence electrons. The first-order valence-electron chi connectivity index (χ1n) is 4.81. The minimum absolute atomic E-state index is 0.254. The highest BCUT2D eigenvalue weighted by Gasteiger charge is 2.18. The van der Waals surface area contributed by atoms with Gasteiger partial charge in [-0.05, 0) is 22.9 Å². The summed E-state index contributed by atoms with van der Waals surface area (Å²) in [6.45, 7) is 1.86. The van der Waals surface area contributed by atoms with Gasteiger partial charge in [-0.1, -0.05) is 30.7 Å². The van der Waals surface area contributed by atoms with Crippen molar-refractivity contribution in [2.45, 2.75) is 6.92 Å². The molecule has 1 aromatic rings. The van der Waals surface area contributed by atoms with Crippen LogP contribution in [0.2, 0.25) is 5.02 Å². The molecule has 0 saturated heterocycles. The summed E-state index contributed by atoms with van der Waals surface area (Å²) < 4.78 is 17.6. The van der Waals surface area contributed by atoms with E-state index in [1.165, 1.54) is 7.05 Å². The quantitative estimate of drug-likeness (QED) is 0.800. The zero-order valence-electron chi connectivity index (χ0n) is 9.38. The lowest BCUT2D eigenvalue weighted by Crippen LogP contribution is -2.30. The van der Waals surface area contributed by atoms with Crippen LogP contribution in [0.4, 0.5) is 4.79 Å². The van der Waals surface area contributed by atoms with Crippen LogP contribution < -0.4 is 4.74 Å². The van der Waals surface area contributed by atoms with Gasteiger partial charge in [0.05, 0.1) is 5.02 Å². The lowest BCUT2D eigenvalue weighted by atomic mass is 10.3. The molecule has 0 aliphatic heterocycles. The molecule has 0 N–H and O–H groups in total. The Morgan fingerprint density at radius 1 is 1.53 bits per heavy atom. The molecule has 1 rings (SSSR count). The fourth-order valence-electron chi connectivity index (χ4n) is 0.927. The highest BCUT2D eigenvalue weighted by molar-refractivity contribution is 8.68. The van der Waals surface area contributed by atoms with Gasteiger partial charge in [0.25, 0.3) is 0 Å². The zero-order chi connectivity index (χ0) is 12.8. The summed E-state index contributed by atoms with van der Waals surface area (Å²) in [6.07, 6.45) is -0.697. The lowest BCUT2D eigenvalue weighted by Gasteiger charge is -2.14. The third-order valence-electron chi connectivity index (χ3n) is 1.73. The molecule has 0 spiro atoms. The number of halogens is 1. The van der Waals surface area contributed by atoms with Crippen LogP contribution in [0.3, 0.4) is 0 Å². The number of rotatable bonds is 4. The van der Waals surface area contributed by atoms with E-state index < -0.39 is 16.1 Å². The normalized spacial score (nSPS) is 11.9. The average molecular weight is 294 g/mol. The van der Waals surface area contributed by atoms with Crippen LogP contribution in [0.1, 0.15) is 6.92 Å². The fraction of sp³-hybridized carbons (Fsp3) is 0.300. The monoisotopic (exact) mass is 293 g/mol. The number of para-hydroxylation sites is 1. The maximum Gasteiger partial charge on any atom is 0.427 e. The van der Waals surface area contributed by atoms with E-state index in [2.05, 4.69) is 0 Å². The van der Waals surface area contributed by atoms with E-state index in [0.717, 1.165) is 15.1 Å². The van der Waals surface area contributed by atoms with Gasteiger partial charge >= 0.3 is 6.09 Å². The van der Waals surface area contributed by atoms with Crippen LogP contribution in [0, 0.1) is 0 Å². The number of benzene rings is 1. The van der Waals surface area contributed by atoms with Gasteiger partial charge in [-0.15, -0.1) is 0 Å². The maximum absolute atomic E-state index is 11.6. The molecule has 1 amide bonds. The number of carbonyl (C=O) groups excluding carboxylic acids is 1. The van der Waals surface area contributed by atoms with Crippen molar-refractivity contribution < 1.29 is 13.7 Å². The maximum atomic E-state index is 11.6. The molecule has 7 heteroatoms. The van der Waals surface area contributed by atoms with Crippen LogP contribution in [-0.2, 0) is 10.0 Å². The van der Waals surface area contributed by atoms with Crippen LogP contribution in [-0.4, -0.2) is 27.4 Å². The smallest absolute Gasteiger partial charge is 0.408 e. The second-order valence-electron chi connectivity index (χ2n) is 2.92. The Hall–Kier alpha value is -0.720. The third kappa shape index (κ3) is 4.22. The second kappa shape index (κ2) is 6.88. The molecule has 0 aromatic heterocycles. The van der Waals surface area contributed by atoms with Gasteiger partial charge in [0.15, 0.2) is 15.8 Å². The molecule has 1 unspecified atom stereocenters. The molecule has 17 heavy (non-hydrogen) atoms. The molecular weight excluding hydrogens is 282 g/mol. The minimum Gasteiger partial charge on any atom is -0.408 e. The van der Waals surface area contributed by atoms with Crippen LogP contribution in [0.25, 0.3) is 0 Å². The van der Waals surface area contributed by atoms with E-state index >= 15 is 0 Å². The average Bonchev–Trinajstić information content (AvgIpc) is 2.31. The molecule has 1 aromatic carbocycles. The number of carbonyl (C=O) groups is 1. The Morgan fingerprint density at radius 2 is 2.18 bits per heavy atom. The Kier molecular flexibility index (Phi) is 5.80. The van der Waals surface area contributed by atoms with Gasteiger partial charge in [0, 0.05) is 12.8 Å². The topological polar surface area (TPSA) is 46.6 Å². The minimum atomic E-state index is -1.44. The van der Waals surface area contributed by atoms with Crippen molar-refractivity contribution in [3.8, 4) is 5.75 Å². The van der Waals surface area contributed by atoms with Crippen molar-refractivity contribution in [2.24, 2.45) is 0 Å². The molecule has 1 atom stereocenters. The lowest BCUT2D eigenvalue weighted by molar-refractivity contribution is 0.186. The summed E-state index contributed by atoms with van der Waals surface area (Å²) in [6, 6.07) is 6.62. The van der Waals surface area contributed by atoms with E-state index in [9.17, 15) is 9.00 Å². The standard InChI is InChI=1S/C10H12ClNO3S2/c1-3-16-17(14)12(2)10(13)15-9-7-5-4-6-8(9)11/h4-7H,3H2,1-2H3. The van der Waals surface area contributed by atoms with E-state index in [0.29, 0.717) is 10.8 Å². The van der Waals surface area contributed by atoms with Gasteiger partial charge in [0.1, 0.15) is 0 Å². The Morgan fingerprint density at radius 3 is 2.76 bits per heavy atom. The van der Waals surface area contributed by atoms with E-state index in [-0.39, 0.29) is 5.75 Å². The van der Waals surface area contributed by atoms with Crippen molar-refractivity contribution >= 4 is 38.5 Å². The number of ether oxygens (including phenoxy) is 1.